The molecule has 2 rings (SSSR count). The van der Waals surface area contributed by atoms with Crippen molar-refractivity contribution in [1.29, 1.82) is 0 Å². The summed E-state index contributed by atoms with van der Waals surface area (Å²) in [6.45, 7) is 4.91. The Morgan fingerprint density at radius 1 is 1.56 bits per heavy atom. The Bertz CT molecular complexity index is 550. The highest BCUT2D eigenvalue weighted by Crippen LogP contribution is 2.27. The van der Waals surface area contributed by atoms with E-state index in [1.165, 1.54) is 4.88 Å². The fourth-order valence-corrected chi connectivity index (χ4v) is 3.35. The Labute approximate surface area is 124 Å². The van der Waals surface area contributed by atoms with Gasteiger partial charge in [-0.2, -0.15) is 5.10 Å². The Hall–Kier alpha value is -0.360. The topological polar surface area (TPSA) is 29.9 Å². The lowest BCUT2D eigenvalue weighted by Crippen LogP contribution is -2.19. The summed E-state index contributed by atoms with van der Waals surface area (Å²) in [5.41, 5.74) is 2.17. The summed E-state index contributed by atoms with van der Waals surface area (Å²) in [7, 11) is 1.96. The molecule has 0 fully saturated rings. The number of thiophene rings is 1. The molecule has 0 saturated heterocycles. The number of hydrogen-bond acceptors (Lipinski definition) is 3. The van der Waals surface area contributed by atoms with Gasteiger partial charge in [0.15, 0.2) is 0 Å². The first-order valence-electron chi connectivity index (χ1n) is 5.65. The maximum atomic E-state index is 5.94. The van der Waals surface area contributed by atoms with Gasteiger partial charge in [-0.1, -0.05) is 11.6 Å². The fraction of sp³-hybridized carbons (Fsp3) is 0.417. The van der Waals surface area contributed by atoms with Gasteiger partial charge in [0.05, 0.1) is 20.2 Å². The molecule has 0 spiro atoms. The Morgan fingerprint density at radius 3 is 2.78 bits per heavy atom. The van der Waals surface area contributed by atoms with Crippen molar-refractivity contribution < 1.29 is 0 Å². The fourth-order valence-electron chi connectivity index (χ4n) is 1.78. The number of nitrogens with one attached hydrogen (secondary N) is 1. The molecule has 2 aromatic rings. The summed E-state index contributed by atoms with van der Waals surface area (Å²) in [5, 5.41) is 7.86. The van der Waals surface area contributed by atoms with Gasteiger partial charge in [-0.05, 0) is 41.9 Å². The largest absolute Gasteiger partial charge is 0.304 e. The van der Waals surface area contributed by atoms with Gasteiger partial charge in [0.2, 0.25) is 0 Å². The second kappa shape index (κ2) is 5.74. The zero-order valence-corrected chi connectivity index (χ0v) is 13.7. The van der Waals surface area contributed by atoms with Crippen LogP contribution in [0.2, 0.25) is 4.34 Å². The molecule has 0 aliphatic heterocycles. The molecule has 98 valence electrons. The number of nitrogens with zero attached hydrogens (tertiary/aromatic N) is 2. The van der Waals surface area contributed by atoms with Crippen LogP contribution in [0.25, 0.3) is 0 Å². The van der Waals surface area contributed by atoms with Crippen molar-refractivity contribution in [2.75, 3.05) is 0 Å². The lowest BCUT2D eigenvalue weighted by Gasteiger charge is -2.12. The van der Waals surface area contributed by atoms with Crippen molar-refractivity contribution in [2.24, 2.45) is 7.05 Å². The highest BCUT2D eigenvalue weighted by Gasteiger charge is 2.13. The number of hydrogen-bond donors (Lipinski definition) is 1. The summed E-state index contributed by atoms with van der Waals surface area (Å²) in [4.78, 5) is 1.25. The zero-order chi connectivity index (χ0) is 13.3. The molecule has 6 heteroatoms. The number of halogens is 2. The maximum Gasteiger partial charge on any atom is 0.0931 e. The van der Waals surface area contributed by atoms with Gasteiger partial charge >= 0.3 is 0 Å². The van der Waals surface area contributed by atoms with Gasteiger partial charge in [0.25, 0.3) is 0 Å². The van der Waals surface area contributed by atoms with Gasteiger partial charge in [-0.15, -0.1) is 11.3 Å². The van der Waals surface area contributed by atoms with Crippen molar-refractivity contribution in [3.8, 4) is 0 Å². The lowest BCUT2D eigenvalue weighted by atomic mass is 10.2. The molecule has 0 amide bonds. The standard InChI is InChI=1S/C12H15BrClN3S/c1-7(10-4-5-11(14)18-10)15-6-9-12(13)8(2)16-17(9)3/h4-5,7,15H,6H2,1-3H3. The van der Waals surface area contributed by atoms with Crippen molar-refractivity contribution in [2.45, 2.75) is 26.4 Å². The molecule has 18 heavy (non-hydrogen) atoms. The van der Waals surface area contributed by atoms with E-state index in [0.29, 0.717) is 0 Å². The van der Waals surface area contributed by atoms with Crippen LogP contribution in [0.15, 0.2) is 16.6 Å². The predicted octanol–water partition coefficient (Wildman–Crippen LogP) is 4.06. The summed E-state index contributed by atoms with van der Waals surface area (Å²) >= 11 is 11.1. The molecule has 1 unspecified atom stereocenters. The third-order valence-electron chi connectivity index (χ3n) is 2.86. The second-order valence-corrected chi connectivity index (χ2v) is 6.75. The molecule has 0 radical (unpaired) electrons. The van der Waals surface area contributed by atoms with E-state index < -0.39 is 0 Å². The van der Waals surface area contributed by atoms with E-state index in [0.717, 1.165) is 26.7 Å². The Balaban J connectivity index is 2.03. The van der Waals surface area contributed by atoms with Crippen LogP contribution in [-0.4, -0.2) is 9.78 Å². The lowest BCUT2D eigenvalue weighted by molar-refractivity contribution is 0.553. The normalized spacial score (nSPS) is 12.9. The maximum absolute atomic E-state index is 5.94. The third kappa shape index (κ3) is 2.96. The van der Waals surface area contributed by atoms with Gasteiger partial charge in [-0.3, -0.25) is 4.68 Å². The quantitative estimate of drug-likeness (QED) is 0.903. The number of aryl methyl sites for hydroxylation is 2. The summed E-state index contributed by atoms with van der Waals surface area (Å²) in [5.74, 6) is 0. The average Bonchev–Trinajstić information content (AvgIpc) is 2.83. The molecule has 0 bridgehead atoms. The van der Waals surface area contributed by atoms with Crippen molar-refractivity contribution >= 4 is 38.9 Å². The average molecular weight is 349 g/mol. The summed E-state index contributed by atoms with van der Waals surface area (Å²) in [6, 6.07) is 4.28. The first-order chi connectivity index (χ1) is 8.49. The molecule has 2 heterocycles. The van der Waals surface area contributed by atoms with Gasteiger partial charge in [0.1, 0.15) is 0 Å². The van der Waals surface area contributed by atoms with E-state index in [-0.39, 0.29) is 6.04 Å². The minimum atomic E-state index is 0.282. The van der Waals surface area contributed by atoms with E-state index in [9.17, 15) is 0 Å². The SMILES string of the molecule is Cc1nn(C)c(CNC(C)c2ccc(Cl)s2)c1Br. The minimum absolute atomic E-state index is 0.282. The van der Waals surface area contributed by atoms with Gasteiger partial charge in [0, 0.05) is 24.5 Å². The molecule has 0 aliphatic rings. The van der Waals surface area contributed by atoms with E-state index >= 15 is 0 Å². The van der Waals surface area contributed by atoms with Crippen LogP contribution < -0.4 is 5.32 Å². The second-order valence-electron chi connectivity index (χ2n) is 4.21. The van der Waals surface area contributed by atoms with Crippen LogP contribution in [0.5, 0.6) is 0 Å². The molecule has 1 atom stereocenters. The smallest absolute Gasteiger partial charge is 0.0931 e. The Kier molecular flexibility index (Phi) is 4.48. The van der Waals surface area contributed by atoms with Gasteiger partial charge < -0.3 is 5.32 Å². The third-order valence-corrected chi connectivity index (χ3v) is 5.30. The van der Waals surface area contributed by atoms with Crippen LogP contribution in [0.4, 0.5) is 0 Å². The molecular weight excluding hydrogens is 334 g/mol. The van der Waals surface area contributed by atoms with E-state index in [1.54, 1.807) is 11.3 Å². The van der Waals surface area contributed by atoms with Crippen LogP contribution in [0.1, 0.15) is 29.2 Å². The van der Waals surface area contributed by atoms with Crippen molar-refractivity contribution in [1.82, 2.24) is 15.1 Å². The minimum Gasteiger partial charge on any atom is -0.304 e. The molecule has 1 N–H and O–H groups in total. The molecule has 0 aromatic carbocycles. The molecule has 0 aliphatic carbocycles. The van der Waals surface area contributed by atoms with E-state index in [4.69, 9.17) is 11.6 Å². The molecule has 3 nitrogen and oxygen atoms in total. The van der Waals surface area contributed by atoms with E-state index in [1.807, 2.05) is 24.7 Å². The van der Waals surface area contributed by atoms with E-state index in [2.05, 4.69) is 39.3 Å². The first kappa shape index (κ1) is 14.1. The van der Waals surface area contributed by atoms with Crippen LogP contribution in [-0.2, 0) is 13.6 Å². The highest BCUT2D eigenvalue weighted by molar-refractivity contribution is 9.10. The highest BCUT2D eigenvalue weighted by atomic mass is 79.9. The summed E-state index contributed by atoms with van der Waals surface area (Å²) in [6.07, 6.45) is 0. The first-order valence-corrected chi connectivity index (χ1v) is 7.64. The summed E-state index contributed by atoms with van der Waals surface area (Å²) < 4.78 is 3.81. The molecule has 2 aromatic heterocycles. The zero-order valence-electron chi connectivity index (χ0n) is 10.5. The number of aromatic nitrogens is 2. The van der Waals surface area contributed by atoms with Crippen LogP contribution in [0, 0.1) is 6.92 Å². The van der Waals surface area contributed by atoms with Crippen molar-refractivity contribution in [3.05, 3.63) is 37.2 Å². The van der Waals surface area contributed by atoms with Crippen LogP contribution in [0.3, 0.4) is 0 Å². The monoisotopic (exact) mass is 347 g/mol. The van der Waals surface area contributed by atoms with Crippen molar-refractivity contribution in [3.63, 3.8) is 0 Å². The predicted molar refractivity (Wildman–Crippen MR) is 80.2 cm³/mol. The van der Waals surface area contributed by atoms with Crippen LogP contribution >= 0.6 is 38.9 Å². The molecule has 0 saturated carbocycles. The Morgan fingerprint density at radius 2 is 2.28 bits per heavy atom. The van der Waals surface area contributed by atoms with Gasteiger partial charge in [-0.25, -0.2) is 0 Å². The molecular formula is C12H15BrClN3S. The number of rotatable bonds is 4.